The number of amides is 2. The molecule has 0 saturated carbocycles. The molecule has 10 heteroatoms. The van der Waals surface area contributed by atoms with Crippen molar-refractivity contribution in [1.29, 1.82) is 0 Å². The number of carbonyl (C=O) groups is 2. The monoisotopic (exact) mass is 489 g/mol. The lowest BCUT2D eigenvalue weighted by molar-refractivity contribution is -0.122. The predicted octanol–water partition coefficient (Wildman–Crippen LogP) is 3.12. The summed E-state index contributed by atoms with van der Waals surface area (Å²) in [5.41, 5.74) is 0.932. The molecule has 1 heterocycles. The summed E-state index contributed by atoms with van der Waals surface area (Å²) >= 11 is 0. The standard InChI is InChI=1S/C24H31N3O6S/c1-5-26(6-2)34(30,31)22-15-18(12-13-21(22)33-7-3)25-24(29)17-14-23(28)27(16-17)19-10-8-9-11-20(19)32-4/h8-13,15,17H,5-7,14,16H2,1-4H3,(H,25,29). The molecule has 184 valence electrons. The molecule has 0 spiro atoms. The van der Waals surface area contributed by atoms with Crippen LogP contribution < -0.4 is 19.7 Å². The molecule has 0 bridgehead atoms. The lowest BCUT2D eigenvalue weighted by atomic mass is 10.1. The minimum Gasteiger partial charge on any atom is -0.495 e. The number of carbonyl (C=O) groups excluding carboxylic acids is 2. The third kappa shape index (κ3) is 5.18. The summed E-state index contributed by atoms with van der Waals surface area (Å²) in [6.45, 7) is 6.42. The molecule has 0 aliphatic carbocycles. The van der Waals surface area contributed by atoms with Gasteiger partial charge in [-0.3, -0.25) is 9.59 Å². The largest absolute Gasteiger partial charge is 0.495 e. The topological polar surface area (TPSA) is 105 Å². The Bertz CT molecular complexity index is 1150. The van der Waals surface area contributed by atoms with Gasteiger partial charge in [0, 0.05) is 31.7 Å². The number of para-hydroxylation sites is 2. The van der Waals surface area contributed by atoms with Crippen LogP contribution in [0.4, 0.5) is 11.4 Å². The maximum Gasteiger partial charge on any atom is 0.246 e. The summed E-state index contributed by atoms with van der Waals surface area (Å²) in [5.74, 6) is -0.352. The molecule has 0 radical (unpaired) electrons. The molecular formula is C24H31N3O6S. The molecule has 34 heavy (non-hydrogen) atoms. The first-order chi connectivity index (χ1) is 16.3. The summed E-state index contributed by atoms with van der Waals surface area (Å²) in [5, 5.41) is 2.77. The van der Waals surface area contributed by atoms with Crippen molar-refractivity contribution in [3.63, 3.8) is 0 Å². The molecule has 1 saturated heterocycles. The molecule has 1 N–H and O–H groups in total. The molecule has 3 rings (SSSR count). The highest BCUT2D eigenvalue weighted by Crippen LogP contribution is 2.34. The Balaban J connectivity index is 1.83. The van der Waals surface area contributed by atoms with Crippen LogP contribution in [0.1, 0.15) is 27.2 Å². The second kappa shape index (κ2) is 10.9. The van der Waals surface area contributed by atoms with E-state index in [1.54, 1.807) is 45.0 Å². The molecular weight excluding hydrogens is 458 g/mol. The number of anilines is 2. The van der Waals surface area contributed by atoms with Crippen molar-refractivity contribution >= 4 is 33.2 Å². The van der Waals surface area contributed by atoms with Gasteiger partial charge in [-0.15, -0.1) is 0 Å². The number of methoxy groups -OCH3 is 1. The Morgan fingerprint density at radius 1 is 1.12 bits per heavy atom. The number of hydrogen-bond donors (Lipinski definition) is 1. The van der Waals surface area contributed by atoms with Crippen molar-refractivity contribution < 1.29 is 27.5 Å². The van der Waals surface area contributed by atoms with Gasteiger partial charge in [-0.05, 0) is 37.3 Å². The number of nitrogens with one attached hydrogen (secondary N) is 1. The van der Waals surface area contributed by atoms with E-state index in [-0.39, 0.29) is 35.4 Å². The quantitative estimate of drug-likeness (QED) is 0.550. The van der Waals surface area contributed by atoms with Crippen LogP contribution in [0.2, 0.25) is 0 Å². The number of rotatable bonds is 10. The van der Waals surface area contributed by atoms with Gasteiger partial charge >= 0.3 is 0 Å². The van der Waals surface area contributed by atoms with Gasteiger partial charge in [-0.1, -0.05) is 26.0 Å². The van der Waals surface area contributed by atoms with E-state index in [0.29, 0.717) is 36.8 Å². The van der Waals surface area contributed by atoms with E-state index in [9.17, 15) is 18.0 Å². The van der Waals surface area contributed by atoms with Gasteiger partial charge in [0.05, 0.1) is 25.3 Å². The van der Waals surface area contributed by atoms with Crippen molar-refractivity contribution in [2.75, 3.05) is 43.6 Å². The van der Waals surface area contributed by atoms with Crippen LogP contribution in [0.25, 0.3) is 0 Å². The van der Waals surface area contributed by atoms with Crippen LogP contribution in [0.15, 0.2) is 47.4 Å². The van der Waals surface area contributed by atoms with E-state index in [2.05, 4.69) is 5.32 Å². The Hall–Kier alpha value is -3.11. The van der Waals surface area contributed by atoms with Crippen molar-refractivity contribution in [3.05, 3.63) is 42.5 Å². The fourth-order valence-electron chi connectivity index (χ4n) is 3.98. The number of nitrogens with zero attached hydrogens (tertiary/aromatic N) is 2. The smallest absolute Gasteiger partial charge is 0.246 e. The molecule has 1 unspecified atom stereocenters. The third-order valence-corrected chi connectivity index (χ3v) is 7.78. The molecule has 2 amide bonds. The SMILES string of the molecule is CCOc1ccc(NC(=O)C2CC(=O)N(c3ccccc3OC)C2)cc1S(=O)(=O)N(CC)CC. The first-order valence-electron chi connectivity index (χ1n) is 11.3. The zero-order chi connectivity index (χ0) is 24.9. The van der Waals surface area contributed by atoms with Gasteiger partial charge in [-0.2, -0.15) is 4.31 Å². The summed E-state index contributed by atoms with van der Waals surface area (Å²) in [6, 6.07) is 11.7. The van der Waals surface area contributed by atoms with Crippen molar-refractivity contribution in [2.45, 2.75) is 32.1 Å². The second-order valence-corrected chi connectivity index (χ2v) is 9.66. The summed E-state index contributed by atoms with van der Waals surface area (Å²) in [4.78, 5) is 27.2. The van der Waals surface area contributed by atoms with Crippen LogP contribution in [-0.2, 0) is 19.6 Å². The number of hydrogen-bond acceptors (Lipinski definition) is 6. The van der Waals surface area contributed by atoms with E-state index < -0.39 is 15.9 Å². The maximum atomic E-state index is 13.2. The zero-order valence-electron chi connectivity index (χ0n) is 19.9. The van der Waals surface area contributed by atoms with E-state index >= 15 is 0 Å². The fraction of sp³-hybridized carbons (Fsp3) is 0.417. The Kier molecular flexibility index (Phi) is 8.16. The molecule has 1 aliphatic rings. The zero-order valence-corrected chi connectivity index (χ0v) is 20.7. The average molecular weight is 490 g/mol. The highest BCUT2D eigenvalue weighted by molar-refractivity contribution is 7.89. The van der Waals surface area contributed by atoms with Gasteiger partial charge in [0.25, 0.3) is 0 Å². The molecule has 1 fully saturated rings. The number of ether oxygens (including phenoxy) is 2. The van der Waals surface area contributed by atoms with E-state index in [1.807, 2.05) is 6.07 Å². The lowest BCUT2D eigenvalue weighted by Gasteiger charge is -2.21. The van der Waals surface area contributed by atoms with Crippen molar-refractivity contribution in [2.24, 2.45) is 5.92 Å². The molecule has 0 aromatic heterocycles. The van der Waals surface area contributed by atoms with Gasteiger partial charge in [0.1, 0.15) is 16.4 Å². The fourth-order valence-corrected chi connectivity index (χ4v) is 5.59. The number of benzene rings is 2. The summed E-state index contributed by atoms with van der Waals surface area (Å²) in [7, 11) is -2.28. The normalized spacial score (nSPS) is 16.1. The number of sulfonamides is 1. The summed E-state index contributed by atoms with van der Waals surface area (Å²) < 4.78 is 38.5. The highest BCUT2D eigenvalue weighted by Gasteiger charge is 2.36. The van der Waals surface area contributed by atoms with Gasteiger partial charge in [0.15, 0.2) is 0 Å². The van der Waals surface area contributed by atoms with Gasteiger partial charge < -0.3 is 19.7 Å². The summed E-state index contributed by atoms with van der Waals surface area (Å²) in [6.07, 6.45) is 0.0471. The third-order valence-electron chi connectivity index (χ3n) is 5.71. The first kappa shape index (κ1) is 25.5. The Morgan fingerprint density at radius 2 is 1.82 bits per heavy atom. The maximum absolute atomic E-state index is 13.2. The van der Waals surface area contributed by atoms with Crippen LogP contribution in [0, 0.1) is 5.92 Å². The van der Waals surface area contributed by atoms with Gasteiger partial charge in [-0.25, -0.2) is 8.42 Å². The average Bonchev–Trinajstić information content (AvgIpc) is 3.22. The van der Waals surface area contributed by atoms with Crippen molar-refractivity contribution in [1.82, 2.24) is 4.31 Å². The Labute approximate surface area is 200 Å². The molecule has 9 nitrogen and oxygen atoms in total. The first-order valence-corrected chi connectivity index (χ1v) is 12.7. The molecule has 2 aromatic carbocycles. The minimum absolute atomic E-state index is 0.00556. The molecule has 1 atom stereocenters. The van der Waals surface area contributed by atoms with E-state index in [4.69, 9.17) is 9.47 Å². The predicted molar refractivity (Wildman–Crippen MR) is 130 cm³/mol. The van der Waals surface area contributed by atoms with Crippen LogP contribution in [0.5, 0.6) is 11.5 Å². The van der Waals surface area contributed by atoms with Gasteiger partial charge in [0.2, 0.25) is 21.8 Å². The molecule has 1 aliphatic heterocycles. The van der Waals surface area contributed by atoms with Crippen LogP contribution in [-0.4, -0.2) is 57.9 Å². The van der Waals surface area contributed by atoms with Crippen LogP contribution in [0.3, 0.4) is 0 Å². The minimum atomic E-state index is -3.81. The van der Waals surface area contributed by atoms with Crippen LogP contribution >= 0.6 is 0 Å². The van der Waals surface area contributed by atoms with E-state index in [0.717, 1.165) is 0 Å². The lowest BCUT2D eigenvalue weighted by Crippen LogP contribution is -2.31. The van der Waals surface area contributed by atoms with Crippen molar-refractivity contribution in [3.8, 4) is 11.5 Å². The highest BCUT2D eigenvalue weighted by atomic mass is 32.2. The Morgan fingerprint density at radius 3 is 2.47 bits per heavy atom. The van der Waals surface area contributed by atoms with E-state index in [1.165, 1.54) is 28.4 Å². The second-order valence-electron chi connectivity index (χ2n) is 7.75. The molecule has 2 aromatic rings.